The van der Waals surface area contributed by atoms with E-state index in [4.69, 9.17) is 9.47 Å². The zero-order chi connectivity index (χ0) is 17.5. The Bertz CT molecular complexity index is 675. The maximum absolute atomic E-state index is 6.15. The summed E-state index contributed by atoms with van der Waals surface area (Å²) in [6.45, 7) is 1.33. The van der Waals surface area contributed by atoms with Gasteiger partial charge in [0, 0.05) is 22.6 Å². The van der Waals surface area contributed by atoms with E-state index in [9.17, 15) is 0 Å². The Morgan fingerprint density at radius 3 is 2.50 bits per heavy atom. The average molecular weight is 441 g/mol. The summed E-state index contributed by atoms with van der Waals surface area (Å²) in [4.78, 5) is 0. The van der Waals surface area contributed by atoms with Crippen molar-refractivity contribution in [1.29, 1.82) is 0 Å². The van der Waals surface area contributed by atoms with Crippen LogP contribution >= 0.6 is 28.3 Å². The fraction of sp³-hybridized carbons (Fsp3) is 0.429. The first-order chi connectivity index (χ1) is 12.3. The summed E-state index contributed by atoms with van der Waals surface area (Å²) in [5.74, 6) is 1.60. The molecule has 1 aliphatic carbocycles. The molecule has 0 aliphatic heterocycles. The van der Waals surface area contributed by atoms with E-state index < -0.39 is 0 Å². The monoisotopic (exact) mass is 439 g/mol. The van der Waals surface area contributed by atoms with Gasteiger partial charge in [-0.2, -0.15) is 0 Å². The first-order valence-electron chi connectivity index (χ1n) is 9.03. The van der Waals surface area contributed by atoms with Crippen molar-refractivity contribution >= 4 is 28.3 Å². The first-order valence-corrected chi connectivity index (χ1v) is 9.82. The van der Waals surface area contributed by atoms with Gasteiger partial charge in [0.1, 0.15) is 6.61 Å². The molecule has 2 aromatic rings. The van der Waals surface area contributed by atoms with Crippen molar-refractivity contribution in [2.75, 3.05) is 7.11 Å². The molecule has 1 N–H and O–H groups in total. The van der Waals surface area contributed by atoms with Gasteiger partial charge >= 0.3 is 0 Å². The van der Waals surface area contributed by atoms with Gasteiger partial charge in [0.25, 0.3) is 0 Å². The summed E-state index contributed by atoms with van der Waals surface area (Å²) in [5, 5.41) is 3.70. The minimum Gasteiger partial charge on any atom is -0.493 e. The second-order valence-corrected chi connectivity index (χ2v) is 7.50. The van der Waals surface area contributed by atoms with Crippen LogP contribution in [0.15, 0.2) is 46.9 Å². The molecule has 1 aliphatic rings. The van der Waals surface area contributed by atoms with E-state index in [1.807, 2.05) is 24.3 Å². The van der Waals surface area contributed by atoms with Crippen LogP contribution in [-0.2, 0) is 13.2 Å². The Hall–Kier alpha value is -1.23. The van der Waals surface area contributed by atoms with Gasteiger partial charge in [-0.05, 0) is 30.5 Å². The van der Waals surface area contributed by atoms with E-state index in [2.05, 4.69) is 39.4 Å². The van der Waals surface area contributed by atoms with Gasteiger partial charge in [0.15, 0.2) is 11.5 Å². The molecule has 0 amide bonds. The number of rotatable bonds is 7. The van der Waals surface area contributed by atoms with Gasteiger partial charge in [-0.25, -0.2) is 0 Å². The molecule has 0 spiro atoms. The summed E-state index contributed by atoms with van der Waals surface area (Å²) in [6, 6.07) is 14.9. The molecule has 0 radical (unpaired) electrons. The van der Waals surface area contributed by atoms with Gasteiger partial charge in [-0.3, -0.25) is 0 Å². The minimum atomic E-state index is 0. The van der Waals surface area contributed by atoms with Crippen LogP contribution in [0.2, 0.25) is 0 Å². The lowest BCUT2D eigenvalue weighted by Crippen LogP contribution is -2.30. The van der Waals surface area contributed by atoms with Gasteiger partial charge < -0.3 is 14.8 Å². The van der Waals surface area contributed by atoms with E-state index in [0.717, 1.165) is 33.6 Å². The van der Waals surface area contributed by atoms with Gasteiger partial charge in [0.05, 0.1) is 7.11 Å². The third kappa shape index (κ3) is 5.90. The number of nitrogens with one attached hydrogen (secondary N) is 1. The quantitative estimate of drug-likeness (QED) is 0.583. The second-order valence-electron chi connectivity index (χ2n) is 6.59. The van der Waals surface area contributed by atoms with Crippen molar-refractivity contribution in [2.24, 2.45) is 0 Å². The van der Waals surface area contributed by atoms with Gasteiger partial charge in [-0.15, -0.1) is 12.4 Å². The van der Waals surface area contributed by atoms with Crippen LogP contribution in [0.5, 0.6) is 11.5 Å². The predicted molar refractivity (Wildman–Crippen MR) is 112 cm³/mol. The zero-order valence-corrected chi connectivity index (χ0v) is 17.6. The first kappa shape index (κ1) is 21.1. The maximum Gasteiger partial charge on any atom is 0.166 e. The van der Waals surface area contributed by atoms with E-state index in [1.54, 1.807) is 7.11 Å². The van der Waals surface area contributed by atoms with Crippen LogP contribution in [0.4, 0.5) is 0 Å². The van der Waals surface area contributed by atoms with Gasteiger partial charge in [-0.1, -0.05) is 65.5 Å². The third-order valence-corrected chi connectivity index (χ3v) is 5.19. The molecule has 0 unspecified atom stereocenters. The molecule has 2 aromatic carbocycles. The number of hydrogen-bond donors (Lipinski definition) is 1. The number of halogens is 2. The Labute approximate surface area is 171 Å². The van der Waals surface area contributed by atoms with Crippen LogP contribution in [-0.4, -0.2) is 13.2 Å². The lowest BCUT2D eigenvalue weighted by molar-refractivity contribution is 0.279. The van der Waals surface area contributed by atoms with Crippen LogP contribution in [0.25, 0.3) is 0 Å². The Morgan fingerprint density at radius 1 is 1.08 bits per heavy atom. The lowest BCUT2D eigenvalue weighted by Gasteiger charge is -2.24. The number of ether oxygens (including phenoxy) is 2. The summed E-state index contributed by atoms with van der Waals surface area (Å²) in [5.41, 5.74) is 2.28. The number of methoxy groups -OCH3 is 1. The fourth-order valence-electron chi connectivity index (χ4n) is 3.36. The standard InChI is InChI=1S/C21H26BrNO2.ClH/c1-24-20-13-18(22)12-17(14-23-19-10-6-3-7-11-19)21(20)25-15-16-8-4-2-5-9-16;/h2,4-5,8-9,12-13,19,23H,3,6-7,10-11,14-15H2,1H3;1H. The van der Waals surface area contributed by atoms with Crippen molar-refractivity contribution < 1.29 is 9.47 Å². The molecule has 5 heteroatoms. The smallest absolute Gasteiger partial charge is 0.166 e. The summed E-state index contributed by atoms with van der Waals surface area (Å²) in [7, 11) is 1.69. The molecule has 0 saturated heterocycles. The lowest BCUT2D eigenvalue weighted by atomic mass is 9.95. The summed E-state index contributed by atoms with van der Waals surface area (Å²) in [6.07, 6.45) is 6.57. The molecule has 0 aromatic heterocycles. The predicted octanol–water partition coefficient (Wildman–Crippen LogP) is 5.88. The van der Waals surface area contributed by atoms with Crippen molar-refractivity contribution in [3.63, 3.8) is 0 Å². The van der Waals surface area contributed by atoms with Crippen molar-refractivity contribution in [3.8, 4) is 11.5 Å². The highest BCUT2D eigenvalue weighted by Crippen LogP contribution is 2.35. The second kappa shape index (κ2) is 10.8. The molecule has 0 bridgehead atoms. The molecule has 1 saturated carbocycles. The van der Waals surface area contributed by atoms with E-state index >= 15 is 0 Å². The Morgan fingerprint density at radius 2 is 1.81 bits per heavy atom. The molecule has 26 heavy (non-hydrogen) atoms. The molecule has 0 heterocycles. The Kier molecular flexibility index (Phi) is 8.76. The highest BCUT2D eigenvalue weighted by atomic mass is 79.9. The number of benzene rings is 2. The molecule has 3 nitrogen and oxygen atoms in total. The zero-order valence-electron chi connectivity index (χ0n) is 15.2. The van der Waals surface area contributed by atoms with Crippen molar-refractivity contribution in [3.05, 3.63) is 58.1 Å². The third-order valence-electron chi connectivity index (χ3n) is 4.73. The molecule has 3 rings (SSSR count). The fourth-order valence-corrected chi connectivity index (χ4v) is 3.84. The van der Waals surface area contributed by atoms with E-state index in [0.29, 0.717) is 12.6 Å². The summed E-state index contributed by atoms with van der Waals surface area (Å²) >= 11 is 3.59. The maximum atomic E-state index is 6.15. The molecule has 142 valence electrons. The van der Waals surface area contributed by atoms with E-state index in [-0.39, 0.29) is 12.4 Å². The van der Waals surface area contributed by atoms with Crippen molar-refractivity contribution in [2.45, 2.75) is 51.3 Å². The largest absolute Gasteiger partial charge is 0.493 e. The molecule has 0 atom stereocenters. The topological polar surface area (TPSA) is 30.5 Å². The minimum absolute atomic E-state index is 0. The van der Waals surface area contributed by atoms with Crippen LogP contribution in [0, 0.1) is 0 Å². The normalized spacial score (nSPS) is 14.5. The average Bonchev–Trinajstić information content (AvgIpc) is 2.66. The highest BCUT2D eigenvalue weighted by Gasteiger charge is 2.16. The molecular formula is C21H27BrClNO2. The van der Waals surface area contributed by atoms with Gasteiger partial charge in [0.2, 0.25) is 0 Å². The summed E-state index contributed by atoms with van der Waals surface area (Å²) < 4.78 is 12.7. The molecular weight excluding hydrogens is 414 g/mol. The number of hydrogen-bond acceptors (Lipinski definition) is 3. The SMILES string of the molecule is COc1cc(Br)cc(CNC2CCCCC2)c1OCc1ccccc1.Cl. The molecule has 1 fully saturated rings. The van der Waals surface area contributed by atoms with Crippen LogP contribution in [0.3, 0.4) is 0 Å². The van der Waals surface area contributed by atoms with Crippen LogP contribution < -0.4 is 14.8 Å². The van der Waals surface area contributed by atoms with Crippen LogP contribution in [0.1, 0.15) is 43.2 Å². The Balaban J connectivity index is 0.00000243. The van der Waals surface area contributed by atoms with Crippen molar-refractivity contribution in [1.82, 2.24) is 5.32 Å². The highest BCUT2D eigenvalue weighted by molar-refractivity contribution is 9.10. The van der Waals surface area contributed by atoms with E-state index in [1.165, 1.54) is 32.1 Å².